The number of pyridine rings is 1. The molecule has 0 aliphatic heterocycles. The first-order valence-corrected chi connectivity index (χ1v) is 8.76. The Balaban J connectivity index is 1.90. The maximum absolute atomic E-state index is 12.8. The van der Waals surface area contributed by atoms with Gasteiger partial charge in [0.1, 0.15) is 11.3 Å². The van der Waals surface area contributed by atoms with Gasteiger partial charge in [-0.1, -0.05) is 30.3 Å². The van der Waals surface area contributed by atoms with Gasteiger partial charge in [-0.05, 0) is 25.1 Å². The number of carbonyl (C=O) groups excluding carboxylic acids is 1. The standard InChI is InChI=1S/C21H17N3O4/c1-2-27-21(26)16-12-24(17-10-6-7-14-11-22-23-19(14)17)13-18(20(16)25)28-15-8-4-3-5-9-15/h3-13H,2H2,1H3,(H,22,23). The molecule has 0 aliphatic carbocycles. The minimum absolute atomic E-state index is 0.0215. The summed E-state index contributed by atoms with van der Waals surface area (Å²) in [7, 11) is 0. The molecule has 0 bridgehead atoms. The number of H-pyrrole nitrogens is 1. The lowest BCUT2D eigenvalue weighted by Gasteiger charge is -2.13. The first-order chi connectivity index (χ1) is 13.7. The number of fused-ring (bicyclic) bond motifs is 1. The van der Waals surface area contributed by atoms with Gasteiger partial charge in [-0.15, -0.1) is 0 Å². The maximum Gasteiger partial charge on any atom is 0.343 e. The number of para-hydroxylation sites is 2. The third-order valence-electron chi connectivity index (χ3n) is 4.19. The summed E-state index contributed by atoms with van der Waals surface area (Å²) in [6.45, 7) is 1.85. The van der Waals surface area contributed by atoms with E-state index in [-0.39, 0.29) is 17.9 Å². The number of aromatic amines is 1. The Kier molecular flexibility index (Phi) is 4.63. The Morgan fingerprint density at radius 1 is 1.11 bits per heavy atom. The molecule has 0 radical (unpaired) electrons. The molecule has 140 valence electrons. The smallest absolute Gasteiger partial charge is 0.343 e. The van der Waals surface area contributed by atoms with E-state index in [0.29, 0.717) is 5.75 Å². The molecular weight excluding hydrogens is 358 g/mol. The molecule has 0 saturated carbocycles. The first-order valence-electron chi connectivity index (χ1n) is 8.76. The molecule has 2 heterocycles. The lowest BCUT2D eigenvalue weighted by atomic mass is 10.2. The fourth-order valence-corrected chi connectivity index (χ4v) is 2.90. The van der Waals surface area contributed by atoms with E-state index >= 15 is 0 Å². The molecule has 2 aromatic heterocycles. The summed E-state index contributed by atoms with van der Waals surface area (Å²) in [5, 5.41) is 7.90. The number of hydrogen-bond donors (Lipinski definition) is 1. The third kappa shape index (κ3) is 3.25. The van der Waals surface area contributed by atoms with E-state index in [0.717, 1.165) is 16.6 Å². The zero-order valence-corrected chi connectivity index (χ0v) is 15.1. The van der Waals surface area contributed by atoms with Crippen molar-refractivity contribution in [3.05, 3.63) is 82.9 Å². The van der Waals surface area contributed by atoms with Crippen LogP contribution in [0.5, 0.6) is 11.5 Å². The molecule has 0 atom stereocenters. The highest BCUT2D eigenvalue weighted by Gasteiger charge is 2.19. The van der Waals surface area contributed by atoms with Crippen LogP contribution in [0, 0.1) is 0 Å². The highest BCUT2D eigenvalue weighted by Crippen LogP contribution is 2.23. The number of hydrogen-bond acceptors (Lipinski definition) is 5. The van der Waals surface area contributed by atoms with E-state index in [4.69, 9.17) is 9.47 Å². The largest absolute Gasteiger partial charge is 0.462 e. The van der Waals surface area contributed by atoms with Crippen molar-refractivity contribution in [3.63, 3.8) is 0 Å². The van der Waals surface area contributed by atoms with Gasteiger partial charge in [-0.2, -0.15) is 5.10 Å². The minimum Gasteiger partial charge on any atom is -0.462 e. The van der Waals surface area contributed by atoms with Crippen molar-refractivity contribution in [1.29, 1.82) is 0 Å². The van der Waals surface area contributed by atoms with Crippen molar-refractivity contribution >= 4 is 16.9 Å². The summed E-state index contributed by atoms with van der Waals surface area (Å²) in [4.78, 5) is 25.2. The van der Waals surface area contributed by atoms with Gasteiger partial charge in [0.15, 0.2) is 5.75 Å². The van der Waals surface area contributed by atoms with Crippen molar-refractivity contribution in [1.82, 2.24) is 14.8 Å². The average molecular weight is 375 g/mol. The van der Waals surface area contributed by atoms with Crippen LogP contribution in [0.4, 0.5) is 0 Å². The number of benzene rings is 2. The number of carbonyl (C=O) groups is 1. The number of rotatable bonds is 5. The third-order valence-corrected chi connectivity index (χ3v) is 4.19. The van der Waals surface area contributed by atoms with Gasteiger partial charge >= 0.3 is 5.97 Å². The van der Waals surface area contributed by atoms with E-state index in [9.17, 15) is 9.59 Å². The van der Waals surface area contributed by atoms with Crippen LogP contribution in [0.3, 0.4) is 0 Å². The van der Waals surface area contributed by atoms with E-state index in [1.54, 1.807) is 48.1 Å². The van der Waals surface area contributed by atoms with Crippen LogP contribution in [0.15, 0.2) is 71.9 Å². The zero-order valence-electron chi connectivity index (χ0n) is 15.1. The van der Waals surface area contributed by atoms with Crippen molar-refractivity contribution in [2.75, 3.05) is 6.61 Å². The number of nitrogens with zero attached hydrogens (tertiary/aromatic N) is 2. The molecule has 28 heavy (non-hydrogen) atoms. The lowest BCUT2D eigenvalue weighted by Crippen LogP contribution is -2.21. The van der Waals surface area contributed by atoms with E-state index in [1.165, 1.54) is 6.20 Å². The molecule has 0 aliphatic rings. The molecule has 7 nitrogen and oxygen atoms in total. The lowest BCUT2D eigenvalue weighted by molar-refractivity contribution is 0.0523. The molecule has 2 aromatic carbocycles. The monoisotopic (exact) mass is 375 g/mol. The molecule has 4 aromatic rings. The molecular formula is C21H17N3O4. The van der Waals surface area contributed by atoms with Gasteiger partial charge in [0.05, 0.1) is 30.2 Å². The van der Waals surface area contributed by atoms with Crippen molar-refractivity contribution < 1.29 is 14.3 Å². The fourth-order valence-electron chi connectivity index (χ4n) is 2.90. The fraction of sp³-hybridized carbons (Fsp3) is 0.0952. The SMILES string of the molecule is CCOC(=O)c1cn(-c2cccc3cn[nH]c23)cc(Oc2ccccc2)c1=O. The number of esters is 1. The summed E-state index contributed by atoms with van der Waals surface area (Å²) in [6.07, 6.45) is 4.70. The van der Waals surface area contributed by atoms with Crippen molar-refractivity contribution in [2.24, 2.45) is 0 Å². The van der Waals surface area contributed by atoms with Crippen LogP contribution < -0.4 is 10.2 Å². The summed E-state index contributed by atoms with van der Waals surface area (Å²) in [6, 6.07) is 14.5. The molecule has 0 fully saturated rings. The normalized spacial score (nSPS) is 10.8. The Hall–Kier alpha value is -3.87. The number of aromatic nitrogens is 3. The Morgan fingerprint density at radius 3 is 2.71 bits per heavy atom. The van der Waals surface area contributed by atoms with E-state index < -0.39 is 11.4 Å². The minimum atomic E-state index is -0.698. The van der Waals surface area contributed by atoms with Crippen LogP contribution in [-0.2, 0) is 4.74 Å². The second-order valence-electron chi connectivity index (χ2n) is 6.02. The Labute approximate surface area is 160 Å². The summed E-state index contributed by atoms with van der Waals surface area (Å²) in [5.74, 6) is -0.184. The van der Waals surface area contributed by atoms with Crippen LogP contribution in [0.1, 0.15) is 17.3 Å². The van der Waals surface area contributed by atoms with Gasteiger partial charge in [0.25, 0.3) is 0 Å². The molecule has 0 unspecified atom stereocenters. The van der Waals surface area contributed by atoms with Crippen LogP contribution in [0.2, 0.25) is 0 Å². The van der Waals surface area contributed by atoms with Gasteiger partial charge in [-0.25, -0.2) is 4.79 Å². The Bertz CT molecular complexity index is 1200. The molecule has 0 amide bonds. The Morgan fingerprint density at radius 2 is 1.93 bits per heavy atom. The van der Waals surface area contributed by atoms with Crippen molar-refractivity contribution in [2.45, 2.75) is 6.92 Å². The maximum atomic E-state index is 12.8. The van der Waals surface area contributed by atoms with Gasteiger partial charge in [0.2, 0.25) is 5.43 Å². The van der Waals surface area contributed by atoms with Crippen LogP contribution >= 0.6 is 0 Å². The van der Waals surface area contributed by atoms with E-state index in [1.807, 2.05) is 24.3 Å². The molecule has 0 saturated heterocycles. The molecule has 0 spiro atoms. The van der Waals surface area contributed by atoms with E-state index in [2.05, 4.69) is 10.2 Å². The van der Waals surface area contributed by atoms with Crippen LogP contribution in [0.25, 0.3) is 16.6 Å². The van der Waals surface area contributed by atoms with Gasteiger partial charge in [-0.3, -0.25) is 9.89 Å². The second kappa shape index (κ2) is 7.40. The molecule has 4 rings (SSSR count). The zero-order chi connectivity index (χ0) is 19.5. The topological polar surface area (TPSA) is 86.2 Å². The highest BCUT2D eigenvalue weighted by molar-refractivity contribution is 5.90. The first kappa shape index (κ1) is 17.5. The number of ether oxygens (including phenoxy) is 2. The molecule has 7 heteroatoms. The summed E-state index contributed by atoms with van der Waals surface area (Å²) in [5.41, 5.74) is 0.854. The average Bonchev–Trinajstić information content (AvgIpc) is 3.19. The number of nitrogens with one attached hydrogen (secondary N) is 1. The van der Waals surface area contributed by atoms with Crippen molar-refractivity contribution in [3.8, 4) is 17.2 Å². The predicted octanol–water partition coefficient (Wildman–Crippen LogP) is 3.68. The van der Waals surface area contributed by atoms with Crippen LogP contribution in [-0.4, -0.2) is 27.3 Å². The highest BCUT2D eigenvalue weighted by atomic mass is 16.5. The molecule has 1 N–H and O–H groups in total. The predicted molar refractivity (Wildman–Crippen MR) is 104 cm³/mol. The summed E-state index contributed by atoms with van der Waals surface area (Å²) >= 11 is 0. The van der Waals surface area contributed by atoms with Gasteiger partial charge < -0.3 is 14.0 Å². The quantitative estimate of drug-likeness (QED) is 0.538. The van der Waals surface area contributed by atoms with Gasteiger partial charge in [0, 0.05) is 11.6 Å². The second-order valence-corrected chi connectivity index (χ2v) is 6.02. The summed E-state index contributed by atoms with van der Waals surface area (Å²) < 4.78 is 12.5.